The summed E-state index contributed by atoms with van der Waals surface area (Å²) in [6, 6.07) is 41.1. The number of rotatable bonds is 35. The highest BCUT2D eigenvalue weighted by molar-refractivity contribution is 7.91. The van der Waals surface area contributed by atoms with Gasteiger partial charge in [-0.2, -0.15) is 55.1 Å². The zero-order chi connectivity index (χ0) is 105. The number of benzene rings is 5. The number of nitrogens with one attached hydrogen (secondary N) is 10. The van der Waals surface area contributed by atoms with E-state index in [1.54, 1.807) is 96.9 Å². The molecule has 0 bridgehead atoms. The molecule has 15 rings (SSSR count). The van der Waals surface area contributed by atoms with Gasteiger partial charge < -0.3 is 49.9 Å². The normalized spacial score (nSPS) is 20.9. The molecule has 9 aromatic rings. The smallest absolute Gasteiger partial charge is 0.385 e. The van der Waals surface area contributed by atoms with E-state index >= 15 is 0 Å². The van der Waals surface area contributed by atoms with Gasteiger partial charge in [0.2, 0.25) is 50.1 Å². The fourth-order valence-electron chi connectivity index (χ4n) is 18.4. The van der Waals surface area contributed by atoms with Crippen molar-refractivity contribution in [1.29, 1.82) is 10.5 Å². The van der Waals surface area contributed by atoms with Gasteiger partial charge in [0, 0.05) is 154 Å². The van der Waals surface area contributed by atoms with Crippen molar-refractivity contribution in [3.63, 3.8) is 0 Å². The molecule has 0 atom stereocenters. The molecular formula is C102H139F9N18O11S5. The van der Waals surface area contributed by atoms with Crippen LogP contribution in [-0.4, -0.2) is 182 Å². The molecular weight excluding hydrogens is 1980 g/mol. The van der Waals surface area contributed by atoms with E-state index in [1.807, 2.05) is 94.6 Å². The summed E-state index contributed by atoms with van der Waals surface area (Å²) in [5.41, 5.74) is 5.04. The lowest BCUT2D eigenvalue weighted by Gasteiger charge is -2.32. The molecule has 4 aromatic heterocycles. The Hall–Kier alpha value is -10.2. The van der Waals surface area contributed by atoms with Crippen LogP contribution in [0.3, 0.4) is 0 Å². The Morgan fingerprint density at radius 2 is 0.628 bits per heavy atom. The van der Waals surface area contributed by atoms with Crippen LogP contribution in [0.5, 0.6) is 0 Å². The van der Waals surface area contributed by atoms with Crippen LogP contribution in [0.2, 0.25) is 0 Å². The van der Waals surface area contributed by atoms with E-state index in [1.165, 1.54) is 52.0 Å². The summed E-state index contributed by atoms with van der Waals surface area (Å²) in [5.74, 6) is 2.35. The van der Waals surface area contributed by atoms with Gasteiger partial charge in [-0.3, -0.25) is 0 Å². The van der Waals surface area contributed by atoms with Crippen molar-refractivity contribution in [2.45, 2.75) is 248 Å². The second-order valence-electron chi connectivity index (χ2n) is 38.9. The Kier molecular flexibility index (Phi) is 41.8. The molecule has 0 spiro atoms. The van der Waals surface area contributed by atoms with Crippen LogP contribution >= 0.6 is 0 Å². The van der Waals surface area contributed by atoms with Crippen LogP contribution < -0.4 is 55.1 Å². The summed E-state index contributed by atoms with van der Waals surface area (Å²) in [6.07, 6.45) is 17.8. The monoisotopic (exact) mass is 2120 g/mol. The minimum Gasteiger partial charge on any atom is -0.385 e. The van der Waals surface area contributed by atoms with Crippen molar-refractivity contribution < 1.29 is 86.3 Å². The van der Waals surface area contributed by atoms with Gasteiger partial charge in [0.25, 0.3) is 0 Å². The minimum atomic E-state index is -4.47. The number of morpholine rings is 1. The third-order valence-corrected chi connectivity index (χ3v) is 36.0. The average Bonchev–Trinajstić information content (AvgIpc) is 1.20. The summed E-state index contributed by atoms with van der Waals surface area (Å²) < 4.78 is 265. The van der Waals surface area contributed by atoms with Crippen molar-refractivity contribution in [3.05, 3.63) is 211 Å². The van der Waals surface area contributed by atoms with Gasteiger partial charge in [-0.15, -0.1) is 0 Å². The summed E-state index contributed by atoms with van der Waals surface area (Å²) in [4.78, 5) is 1.73. The minimum absolute atomic E-state index is 0.0238. The Morgan fingerprint density at radius 3 is 0.945 bits per heavy atom. The van der Waals surface area contributed by atoms with Crippen LogP contribution in [0.4, 0.5) is 73.6 Å². The fourth-order valence-corrected chi connectivity index (χ4v) is 23.2. The maximum atomic E-state index is 13.5. The fraction of sp³-hybridized carbons (Fsp3) is 0.539. The summed E-state index contributed by atoms with van der Waals surface area (Å²) in [7, 11) is -16.1. The lowest BCUT2D eigenvalue weighted by atomic mass is 9.86. The van der Waals surface area contributed by atoms with E-state index in [0.717, 1.165) is 182 Å². The van der Waals surface area contributed by atoms with E-state index in [-0.39, 0.29) is 58.8 Å². The molecule has 43 heteroatoms. The molecule has 5 aromatic carbocycles. The van der Waals surface area contributed by atoms with Gasteiger partial charge in [0.15, 0.2) is 0 Å². The first-order valence-electron chi connectivity index (χ1n) is 49.9. The summed E-state index contributed by atoms with van der Waals surface area (Å²) >= 11 is 0. The number of halogens is 9. The van der Waals surface area contributed by atoms with Gasteiger partial charge in [0.1, 0.15) is 12.1 Å². The molecule has 10 N–H and O–H groups in total. The summed E-state index contributed by atoms with van der Waals surface area (Å²) in [6.45, 7) is 18.6. The SMILES string of the molecule is CC(C)S(=O)(=O)NC1CCC(CNc2ccc(C(F)(F)F)c(-n3cccc3)c2)CC1.CC(C)S(=O)(=O)NC1CCC(CNc2ccc(C(F)(F)F)c(-n3cccn3)c2)CC1.CC(C)S(=O)(=O)NC1CCC(CNc2ccc(C(F)(F)F)c(N3CCOCC3)c2)CC1.CCS(=O)(=O)NC1CCC(CNc2ccc(-n3cccc3)c(C#N)c2)CC1.CCS(=O)(=O)NC1CCC(CNc2ccc(C#N)c(-n3cccc3)c2)CC1. The number of hydrogen-bond donors (Lipinski definition) is 10. The first kappa shape index (κ1) is 115. The van der Waals surface area contributed by atoms with Crippen molar-refractivity contribution in [1.82, 2.24) is 47.1 Å². The molecule has 0 amide bonds. The first-order valence-corrected chi connectivity index (χ1v) is 57.8. The number of alkyl halides is 9. The molecule has 5 aliphatic carbocycles. The van der Waals surface area contributed by atoms with E-state index < -0.39 is 101 Å². The zero-order valence-corrected chi connectivity index (χ0v) is 87.3. The standard InChI is InChI=1S/C21H32F3N3O3S.C21H28F3N3O2S.C20H27F3N4O2S.2C20H26N4O2S/c1-15(2)31(28,29)26-17-5-3-16(4-6-17)14-25-18-7-8-19(21(22,23)24)20(13-18)27-9-11-30-12-10-27;1-15(2)30(28,29)26-17-7-5-16(6-8-17)14-25-18-9-10-19(21(22,23)24)20(13-18)27-11-3-4-12-27;1-14(2)30(28,29)26-16-6-4-15(5-7-16)13-24-17-8-9-18(20(21,22)23)19(12-17)27-11-3-10-25-27;1-2-27(25,26)23-18-8-5-16(6-9-18)15-22-19-10-7-17(14-21)20(13-19)24-11-3-4-12-24;1-2-27(25,26)23-18-7-5-16(6-8-18)15-22-19-9-10-20(17(13-19)14-21)24-11-3-4-12-24/h7-8,13,15-17,25-26H,3-6,9-12,14H2,1-2H3;3-4,9-13,15-17,25-26H,5-8,14H2,1-2H3;3,8-12,14-16,24,26H,4-7,13H2,1-2H3;3-4,7,10-13,16,18,22-23H,2,5-6,8-9,15H2,1H3;3-4,9-13,16,18,22-23H,2,5-8,15H2,1H3. The zero-order valence-electron chi connectivity index (χ0n) is 83.3. The molecule has 1 aliphatic heterocycles. The van der Waals surface area contributed by atoms with Crippen LogP contribution in [0, 0.1) is 52.3 Å². The predicted molar refractivity (Wildman–Crippen MR) is 553 cm³/mol. The summed E-state index contributed by atoms with van der Waals surface area (Å²) in [5, 5.41) is 38.1. The van der Waals surface area contributed by atoms with Gasteiger partial charge in [-0.1, -0.05) is 0 Å². The van der Waals surface area contributed by atoms with Crippen LogP contribution in [0.1, 0.15) is 212 Å². The second kappa shape index (κ2) is 52.6. The lowest BCUT2D eigenvalue weighted by Crippen LogP contribution is -2.41. The van der Waals surface area contributed by atoms with Crippen molar-refractivity contribution in [2.24, 2.45) is 29.6 Å². The maximum absolute atomic E-state index is 13.5. The number of anilines is 6. The molecule has 6 fully saturated rings. The number of sulfonamides is 5. The highest BCUT2D eigenvalue weighted by atomic mass is 32.2. The molecule has 796 valence electrons. The number of nitrogens with zero attached hydrogens (tertiary/aromatic N) is 8. The van der Waals surface area contributed by atoms with E-state index in [0.29, 0.717) is 104 Å². The van der Waals surface area contributed by atoms with Gasteiger partial charge >= 0.3 is 18.5 Å². The molecule has 1 saturated heterocycles. The topological polar surface area (TPSA) is 384 Å². The molecule has 29 nitrogen and oxygen atoms in total. The van der Waals surface area contributed by atoms with Crippen LogP contribution in [0.15, 0.2) is 183 Å². The average molecular weight is 2120 g/mol. The van der Waals surface area contributed by atoms with Crippen molar-refractivity contribution >= 4 is 84.2 Å². The Morgan fingerprint density at radius 1 is 0.345 bits per heavy atom. The third-order valence-electron chi connectivity index (χ3n) is 27.4. The largest absolute Gasteiger partial charge is 0.418 e. The number of hydrogen-bond acceptors (Lipinski definition) is 20. The van der Waals surface area contributed by atoms with E-state index in [4.69, 9.17) is 4.74 Å². The maximum Gasteiger partial charge on any atom is 0.418 e. The van der Waals surface area contributed by atoms with Gasteiger partial charge in [-0.25, -0.2) is 70.4 Å². The molecule has 5 saturated carbocycles. The van der Waals surface area contributed by atoms with Crippen LogP contribution in [0.25, 0.3) is 22.7 Å². The Balaban J connectivity index is 0.000000173. The first-order chi connectivity index (χ1) is 68.7. The van der Waals surface area contributed by atoms with E-state index in [9.17, 15) is 92.1 Å². The second-order valence-corrected chi connectivity index (χ2v) is 49.8. The predicted octanol–water partition coefficient (Wildman–Crippen LogP) is 19.3. The third kappa shape index (κ3) is 35.3. The molecule has 145 heavy (non-hydrogen) atoms. The lowest BCUT2D eigenvalue weighted by molar-refractivity contribution is -0.138. The number of ether oxygens (including phenoxy) is 1. The molecule has 0 radical (unpaired) electrons. The Bertz CT molecular complexity index is 6090. The highest BCUT2D eigenvalue weighted by Gasteiger charge is 2.40. The van der Waals surface area contributed by atoms with E-state index in [2.05, 4.69) is 67.4 Å². The van der Waals surface area contributed by atoms with Crippen LogP contribution in [-0.2, 0) is 73.4 Å². The van der Waals surface area contributed by atoms with Crippen molar-refractivity contribution in [3.8, 4) is 34.9 Å². The molecule has 6 aliphatic rings. The van der Waals surface area contributed by atoms with Gasteiger partial charge in [0.05, 0.1) is 96.7 Å². The quantitative estimate of drug-likeness (QED) is 0.0165. The van der Waals surface area contributed by atoms with Crippen molar-refractivity contribution in [2.75, 3.05) is 102 Å². The Labute approximate surface area is 848 Å². The van der Waals surface area contributed by atoms with Gasteiger partial charge in [-0.05, 0) is 347 Å². The number of nitriles is 2. The highest BCUT2D eigenvalue weighted by Crippen LogP contribution is 2.42. The molecule has 5 heterocycles. The number of aromatic nitrogens is 5. The molecule has 0 unspecified atom stereocenters.